The number of rotatable bonds is 10. The summed E-state index contributed by atoms with van der Waals surface area (Å²) < 4.78 is 220. The average Bonchev–Trinajstić information content (AvgIpc) is 2.56. The largest absolute Gasteiger partial charge is 0.478 e. The minimum Gasteiger partial charge on any atom is -0.478 e. The molecule has 1 N–H and O–H groups in total. The molecule has 190 valence electrons. The molecule has 32 heavy (non-hydrogen) atoms. The van der Waals surface area contributed by atoms with Gasteiger partial charge in [0.1, 0.15) is 0 Å². The Morgan fingerprint density at radius 3 is 1.19 bits per heavy atom. The first-order chi connectivity index (χ1) is 13.7. The minimum atomic E-state index is -8.66. The summed E-state index contributed by atoms with van der Waals surface area (Å²) in [7, 11) is 0. The van der Waals surface area contributed by atoms with Crippen LogP contribution in [0.2, 0.25) is 0 Å². The first-order valence-corrected chi connectivity index (χ1v) is 7.27. The Kier molecular flexibility index (Phi) is 7.60. The molecule has 0 heterocycles. The van der Waals surface area contributed by atoms with Crippen LogP contribution < -0.4 is 0 Å². The van der Waals surface area contributed by atoms with E-state index in [0.717, 1.165) is 0 Å². The van der Waals surface area contributed by atoms with Gasteiger partial charge in [-0.15, -0.1) is 0 Å². The number of aliphatic carboxylic acids is 1. The smallest absolute Gasteiger partial charge is 0.460 e. The van der Waals surface area contributed by atoms with E-state index in [-0.39, 0.29) is 12.2 Å². The van der Waals surface area contributed by atoms with Crippen LogP contribution in [0.1, 0.15) is 12.8 Å². The minimum absolute atomic E-state index is 0.0467. The Labute approximate surface area is 164 Å². The van der Waals surface area contributed by atoms with E-state index >= 15 is 0 Å². The molecule has 0 amide bonds. The number of carbonyl (C=O) groups is 1. The lowest BCUT2D eigenvalue weighted by Crippen LogP contribution is -2.74. The second-order valence-corrected chi connectivity index (χ2v) is 5.93. The van der Waals surface area contributed by atoms with Gasteiger partial charge in [0.2, 0.25) is 0 Å². The van der Waals surface area contributed by atoms with E-state index in [1.165, 1.54) is 0 Å². The number of halogens is 17. The van der Waals surface area contributed by atoms with Crippen molar-refractivity contribution >= 4 is 5.97 Å². The molecule has 0 unspecified atom stereocenters. The lowest BCUT2D eigenvalue weighted by Gasteiger charge is -2.42. The molecule has 0 aliphatic heterocycles. The summed E-state index contributed by atoms with van der Waals surface area (Å²) in [6, 6.07) is 0. The molecular weight excluding hydrogens is 511 g/mol. The normalized spacial score (nSPS) is 16.0. The predicted molar refractivity (Wildman–Crippen MR) is 66.7 cm³/mol. The summed E-state index contributed by atoms with van der Waals surface area (Å²) in [6.45, 7) is 0. The molecule has 0 aliphatic carbocycles. The van der Waals surface area contributed by atoms with Gasteiger partial charge >= 0.3 is 53.6 Å². The van der Waals surface area contributed by atoms with Crippen molar-refractivity contribution in [3.8, 4) is 0 Å². The van der Waals surface area contributed by atoms with E-state index in [4.69, 9.17) is 5.11 Å². The first kappa shape index (κ1) is 30.0. The molecule has 0 rings (SSSR count). The SMILES string of the molecule is O=C(O)C=CCCC(F)(F)C(F)(F)C(F)(F)C(F)(F)C(F)(F)C(F)(F)C(F)(F)C(F)(F)F. The molecule has 0 saturated heterocycles. The predicted octanol–water partition coefficient (Wildman–Crippen LogP) is 6.42. The van der Waals surface area contributed by atoms with E-state index in [1.54, 1.807) is 0 Å². The van der Waals surface area contributed by atoms with Crippen LogP contribution in [0.15, 0.2) is 12.2 Å². The second-order valence-electron chi connectivity index (χ2n) is 5.93. The Balaban J connectivity index is 6.44. The van der Waals surface area contributed by atoms with E-state index in [0.29, 0.717) is 0 Å². The number of hydrogen-bond donors (Lipinski definition) is 1. The Morgan fingerprint density at radius 1 is 0.562 bits per heavy atom. The van der Waals surface area contributed by atoms with Crippen LogP contribution in [0.5, 0.6) is 0 Å². The van der Waals surface area contributed by atoms with E-state index in [2.05, 4.69) is 0 Å². The molecule has 0 aromatic rings. The fraction of sp³-hybridized carbons (Fsp3) is 0.769. The molecule has 0 spiro atoms. The Hall–Kier alpha value is -1.98. The molecule has 0 saturated carbocycles. The van der Waals surface area contributed by atoms with Crippen LogP contribution in [0.25, 0.3) is 0 Å². The van der Waals surface area contributed by atoms with Crippen molar-refractivity contribution in [1.29, 1.82) is 0 Å². The topological polar surface area (TPSA) is 37.3 Å². The van der Waals surface area contributed by atoms with Crippen LogP contribution in [0, 0.1) is 0 Å². The number of hydrogen-bond acceptors (Lipinski definition) is 1. The fourth-order valence-electron chi connectivity index (χ4n) is 1.80. The zero-order valence-corrected chi connectivity index (χ0v) is 14.3. The molecular formula is C13H7F17O2. The molecule has 0 radical (unpaired) electrons. The molecule has 0 aliphatic rings. The Morgan fingerprint density at radius 2 is 0.875 bits per heavy atom. The van der Waals surface area contributed by atoms with Crippen molar-refractivity contribution in [3.05, 3.63) is 12.2 Å². The molecule has 0 atom stereocenters. The van der Waals surface area contributed by atoms with Gasteiger partial charge in [0.25, 0.3) is 0 Å². The molecule has 0 aromatic heterocycles. The maximum absolute atomic E-state index is 13.4. The van der Waals surface area contributed by atoms with Gasteiger partial charge in [-0.25, -0.2) is 4.79 Å². The monoisotopic (exact) mass is 518 g/mol. The van der Waals surface area contributed by atoms with Crippen LogP contribution in [-0.2, 0) is 4.79 Å². The summed E-state index contributed by atoms with van der Waals surface area (Å²) in [6.07, 6.45) is -12.1. The quantitative estimate of drug-likeness (QED) is 0.268. The zero-order valence-electron chi connectivity index (χ0n) is 14.3. The number of carboxylic acid groups (broad SMARTS) is 1. The third-order valence-electron chi connectivity index (χ3n) is 3.67. The summed E-state index contributed by atoms with van der Waals surface area (Å²) >= 11 is 0. The first-order valence-electron chi connectivity index (χ1n) is 7.27. The van der Waals surface area contributed by atoms with Gasteiger partial charge in [-0.3, -0.25) is 0 Å². The maximum atomic E-state index is 13.4. The zero-order chi connectivity index (χ0) is 26.4. The van der Waals surface area contributed by atoms with E-state index in [9.17, 15) is 79.4 Å². The van der Waals surface area contributed by atoms with Gasteiger partial charge in [-0.05, 0) is 6.42 Å². The highest BCUT2D eigenvalue weighted by molar-refractivity contribution is 5.79. The number of allylic oxidation sites excluding steroid dienone is 1. The molecule has 2 nitrogen and oxygen atoms in total. The van der Waals surface area contributed by atoms with E-state index < -0.39 is 66.4 Å². The summed E-state index contributed by atoms with van der Waals surface area (Å²) in [5, 5.41) is 8.09. The van der Waals surface area contributed by atoms with Crippen LogP contribution in [-0.4, -0.2) is 58.7 Å². The van der Waals surface area contributed by atoms with Crippen molar-refractivity contribution in [2.24, 2.45) is 0 Å². The highest BCUT2D eigenvalue weighted by atomic mass is 19.4. The van der Waals surface area contributed by atoms with Crippen LogP contribution in [0.4, 0.5) is 74.6 Å². The van der Waals surface area contributed by atoms with Crippen molar-refractivity contribution in [3.63, 3.8) is 0 Å². The van der Waals surface area contributed by atoms with Gasteiger partial charge in [0.05, 0.1) is 0 Å². The molecule has 0 bridgehead atoms. The molecule has 0 fully saturated rings. The third-order valence-corrected chi connectivity index (χ3v) is 3.67. The highest BCUT2D eigenvalue weighted by Crippen LogP contribution is 2.64. The van der Waals surface area contributed by atoms with Crippen LogP contribution >= 0.6 is 0 Å². The lowest BCUT2D eigenvalue weighted by molar-refractivity contribution is -0.461. The van der Waals surface area contributed by atoms with Gasteiger partial charge < -0.3 is 5.11 Å². The van der Waals surface area contributed by atoms with Gasteiger partial charge in [0, 0.05) is 12.5 Å². The maximum Gasteiger partial charge on any atom is 0.460 e. The fourth-order valence-corrected chi connectivity index (χ4v) is 1.80. The van der Waals surface area contributed by atoms with Gasteiger partial charge in [0.15, 0.2) is 0 Å². The average molecular weight is 518 g/mol. The molecule has 0 aromatic carbocycles. The standard InChI is InChI=1S/C13H7F17O2/c14-6(15,4-2-1-3-5(31)32)7(16,17)8(18,19)9(20,21)10(22,23)11(24,25)12(26,27)13(28,29)30/h1,3H,2,4H2,(H,31,32). The van der Waals surface area contributed by atoms with E-state index in [1.807, 2.05) is 0 Å². The summed E-state index contributed by atoms with van der Waals surface area (Å²) in [5.74, 6) is -58.5. The van der Waals surface area contributed by atoms with Gasteiger partial charge in [-0.2, -0.15) is 74.6 Å². The summed E-state index contributed by atoms with van der Waals surface area (Å²) in [5.41, 5.74) is 0. The highest BCUT2D eigenvalue weighted by Gasteiger charge is 2.95. The van der Waals surface area contributed by atoms with Crippen molar-refractivity contribution < 1.29 is 84.5 Å². The second kappa shape index (κ2) is 8.11. The van der Waals surface area contributed by atoms with Crippen molar-refractivity contribution in [2.75, 3.05) is 0 Å². The number of alkyl halides is 17. The molecule has 19 heteroatoms. The summed E-state index contributed by atoms with van der Waals surface area (Å²) in [4.78, 5) is 10.0. The van der Waals surface area contributed by atoms with Crippen molar-refractivity contribution in [1.82, 2.24) is 0 Å². The van der Waals surface area contributed by atoms with Crippen molar-refractivity contribution in [2.45, 2.75) is 60.5 Å². The Bertz CT molecular complexity index is 718. The van der Waals surface area contributed by atoms with Gasteiger partial charge in [-0.1, -0.05) is 6.08 Å². The van der Waals surface area contributed by atoms with Crippen LogP contribution in [0.3, 0.4) is 0 Å². The number of carboxylic acids is 1. The third kappa shape index (κ3) is 4.29. The lowest BCUT2D eigenvalue weighted by atomic mass is 9.88.